The first-order valence-electron chi connectivity index (χ1n) is 6.97. The summed E-state index contributed by atoms with van der Waals surface area (Å²) in [6.07, 6.45) is 0. The largest absolute Gasteiger partial charge is 0.495 e. The van der Waals surface area contributed by atoms with Crippen LogP contribution in [0.25, 0.3) is 0 Å². The fourth-order valence-electron chi connectivity index (χ4n) is 2.04. The number of aryl methyl sites for hydroxylation is 1. The summed E-state index contributed by atoms with van der Waals surface area (Å²) in [5.41, 5.74) is 6.91. The number of hydrogen-bond donors (Lipinski definition) is 2. The van der Waals surface area contributed by atoms with Crippen LogP contribution in [0.5, 0.6) is 11.5 Å². The molecule has 0 saturated carbocycles. The molecule has 0 spiro atoms. The summed E-state index contributed by atoms with van der Waals surface area (Å²) in [6, 6.07) is 12.1. The number of carbonyl (C=O) groups is 2. The van der Waals surface area contributed by atoms with Gasteiger partial charge in [0.1, 0.15) is 11.5 Å². The minimum absolute atomic E-state index is 0.287. The fourth-order valence-corrected chi connectivity index (χ4v) is 2.04. The van der Waals surface area contributed by atoms with Crippen molar-refractivity contribution in [2.45, 2.75) is 6.92 Å². The van der Waals surface area contributed by atoms with Gasteiger partial charge in [0.2, 0.25) is 0 Å². The summed E-state index contributed by atoms with van der Waals surface area (Å²) in [5.74, 6) is -0.135. The molecule has 0 heterocycles. The Morgan fingerprint density at radius 2 is 1.87 bits per heavy atom. The molecule has 0 atom stereocenters. The lowest BCUT2D eigenvalue weighted by molar-refractivity contribution is -0.119. The van der Waals surface area contributed by atoms with Crippen LogP contribution < -0.4 is 20.5 Å². The van der Waals surface area contributed by atoms with Gasteiger partial charge in [0.05, 0.1) is 18.4 Å². The number of nitrogens with two attached hydrogens (primary N) is 1. The SMILES string of the molecule is COc1ccc(C)cc1NC(=O)c1ccccc1OCC(N)=O. The Bertz CT molecular complexity index is 728. The number of carbonyl (C=O) groups excluding carboxylic acids is 2. The third kappa shape index (κ3) is 4.23. The molecule has 3 N–H and O–H groups in total. The van der Waals surface area contributed by atoms with E-state index in [9.17, 15) is 9.59 Å². The highest BCUT2D eigenvalue weighted by atomic mass is 16.5. The molecule has 120 valence electrons. The molecule has 2 amide bonds. The van der Waals surface area contributed by atoms with Gasteiger partial charge in [-0.2, -0.15) is 0 Å². The molecular weight excluding hydrogens is 296 g/mol. The van der Waals surface area contributed by atoms with E-state index in [4.69, 9.17) is 15.2 Å². The Balaban J connectivity index is 2.24. The summed E-state index contributed by atoms with van der Waals surface area (Å²) in [7, 11) is 1.53. The normalized spacial score (nSPS) is 10.0. The number of hydrogen-bond acceptors (Lipinski definition) is 4. The summed E-state index contributed by atoms with van der Waals surface area (Å²) in [6.45, 7) is 1.62. The van der Waals surface area contributed by atoms with E-state index in [0.717, 1.165) is 5.56 Å². The molecular formula is C17H18N2O4. The van der Waals surface area contributed by atoms with Gasteiger partial charge in [0.25, 0.3) is 11.8 Å². The molecule has 0 bridgehead atoms. The van der Waals surface area contributed by atoms with Crippen molar-refractivity contribution in [3.05, 3.63) is 53.6 Å². The lowest BCUT2D eigenvalue weighted by Crippen LogP contribution is -2.21. The van der Waals surface area contributed by atoms with Crippen molar-refractivity contribution in [2.75, 3.05) is 19.0 Å². The molecule has 6 heteroatoms. The van der Waals surface area contributed by atoms with Gasteiger partial charge in [-0.15, -0.1) is 0 Å². The lowest BCUT2D eigenvalue weighted by atomic mass is 10.1. The zero-order valence-electron chi connectivity index (χ0n) is 13.0. The molecule has 0 fully saturated rings. The lowest BCUT2D eigenvalue weighted by Gasteiger charge is -2.13. The van der Waals surface area contributed by atoms with Gasteiger partial charge in [-0.1, -0.05) is 18.2 Å². The van der Waals surface area contributed by atoms with E-state index < -0.39 is 5.91 Å². The third-order valence-electron chi connectivity index (χ3n) is 3.10. The van der Waals surface area contributed by atoms with Crippen LogP contribution in [0, 0.1) is 6.92 Å². The Hall–Kier alpha value is -3.02. The molecule has 0 unspecified atom stereocenters. The second-order valence-electron chi connectivity index (χ2n) is 4.91. The Morgan fingerprint density at radius 3 is 2.57 bits per heavy atom. The number of para-hydroxylation sites is 1. The van der Waals surface area contributed by atoms with E-state index in [2.05, 4.69) is 5.32 Å². The van der Waals surface area contributed by atoms with Crippen LogP contribution >= 0.6 is 0 Å². The highest BCUT2D eigenvalue weighted by Crippen LogP contribution is 2.27. The van der Waals surface area contributed by atoms with Crippen LogP contribution in [-0.2, 0) is 4.79 Å². The van der Waals surface area contributed by atoms with Crippen LogP contribution in [0.3, 0.4) is 0 Å². The fraction of sp³-hybridized carbons (Fsp3) is 0.176. The van der Waals surface area contributed by atoms with Crippen LogP contribution in [0.15, 0.2) is 42.5 Å². The van der Waals surface area contributed by atoms with Gasteiger partial charge in [-0.3, -0.25) is 9.59 Å². The molecule has 0 radical (unpaired) electrons. The zero-order valence-corrected chi connectivity index (χ0v) is 13.0. The van der Waals surface area contributed by atoms with Crippen molar-refractivity contribution in [3.8, 4) is 11.5 Å². The van der Waals surface area contributed by atoms with E-state index in [0.29, 0.717) is 17.0 Å². The summed E-state index contributed by atoms with van der Waals surface area (Å²) in [4.78, 5) is 23.3. The first-order valence-corrected chi connectivity index (χ1v) is 6.97. The Morgan fingerprint density at radius 1 is 1.13 bits per heavy atom. The van der Waals surface area contributed by atoms with Crippen molar-refractivity contribution < 1.29 is 19.1 Å². The van der Waals surface area contributed by atoms with Gasteiger partial charge in [0, 0.05) is 0 Å². The maximum absolute atomic E-state index is 12.5. The highest BCUT2D eigenvalue weighted by Gasteiger charge is 2.15. The summed E-state index contributed by atoms with van der Waals surface area (Å²) >= 11 is 0. The van der Waals surface area contributed by atoms with E-state index >= 15 is 0 Å². The van der Waals surface area contributed by atoms with Crippen LogP contribution in [0.2, 0.25) is 0 Å². The quantitative estimate of drug-likeness (QED) is 0.854. The topological polar surface area (TPSA) is 90.7 Å². The number of nitrogens with one attached hydrogen (secondary N) is 1. The molecule has 2 rings (SSSR count). The van der Waals surface area contributed by atoms with E-state index in [-0.39, 0.29) is 18.3 Å². The Labute approximate surface area is 134 Å². The van der Waals surface area contributed by atoms with Gasteiger partial charge in [0.15, 0.2) is 6.61 Å². The number of benzene rings is 2. The maximum Gasteiger partial charge on any atom is 0.259 e. The van der Waals surface area contributed by atoms with Gasteiger partial charge >= 0.3 is 0 Å². The van der Waals surface area contributed by atoms with Gasteiger partial charge < -0.3 is 20.5 Å². The molecule has 2 aromatic carbocycles. The van der Waals surface area contributed by atoms with Crippen molar-refractivity contribution in [1.82, 2.24) is 0 Å². The van der Waals surface area contributed by atoms with Crippen molar-refractivity contribution >= 4 is 17.5 Å². The molecule has 2 aromatic rings. The predicted octanol–water partition coefficient (Wildman–Crippen LogP) is 2.12. The molecule has 0 aliphatic carbocycles. The minimum Gasteiger partial charge on any atom is -0.495 e. The number of primary amides is 1. The number of ether oxygens (including phenoxy) is 2. The summed E-state index contributed by atoms with van der Waals surface area (Å²) < 4.78 is 10.5. The van der Waals surface area contributed by atoms with Crippen molar-refractivity contribution in [3.63, 3.8) is 0 Å². The van der Waals surface area contributed by atoms with E-state index in [1.54, 1.807) is 30.3 Å². The van der Waals surface area contributed by atoms with Crippen LogP contribution in [0.1, 0.15) is 15.9 Å². The van der Waals surface area contributed by atoms with E-state index in [1.807, 2.05) is 19.1 Å². The minimum atomic E-state index is -0.611. The zero-order chi connectivity index (χ0) is 16.8. The molecule has 0 aromatic heterocycles. The molecule has 6 nitrogen and oxygen atoms in total. The number of anilines is 1. The van der Waals surface area contributed by atoms with E-state index in [1.165, 1.54) is 7.11 Å². The monoisotopic (exact) mass is 314 g/mol. The standard InChI is InChI=1S/C17H18N2O4/c1-11-7-8-15(22-2)13(9-11)19-17(21)12-5-3-4-6-14(12)23-10-16(18)20/h3-9H,10H2,1-2H3,(H2,18,20)(H,19,21). The smallest absolute Gasteiger partial charge is 0.259 e. The molecule has 0 aliphatic rings. The third-order valence-corrected chi connectivity index (χ3v) is 3.10. The van der Waals surface area contributed by atoms with Crippen LogP contribution in [-0.4, -0.2) is 25.5 Å². The Kier molecular flexibility index (Phi) is 5.19. The van der Waals surface area contributed by atoms with Crippen LogP contribution in [0.4, 0.5) is 5.69 Å². The average molecular weight is 314 g/mol. The first kappa shape index (κ1) is 16.4. The molecule has 23 heavy (non-hydrogen) atoms. The van der Waals surface area contributed by atoms with Crippen molar-refractivity contribution in [1.29, 1.82) is 0 Å². The molecule has 0 aliphatic heterocycles. The van der Waals surface area contributed by atoms with Gasteiger partial charge in [-0.05, 0) is 36.8 Å². The summed E-state index contributed by atoms with van der Waals surface area (Å²) in [5, 5.41) is 2.79. The average Bonchev–Trinajstić information content (AvgIpc) is 2.53. The molecule has 0 saturated heterocycles. The van der Waals surface area contributed by atoms with Crippen molar-refractivity contribution in [2.24, 2.45) is 5.73 Å². The maximum atomic E-state index is 12.5. The number of methoxy groups -OCH3 is 1. The number of rotatable bonds is 6. The number of amides is 2. The predicted molar refractivity (Wildman–Crippen MR) is 86.8 cm³/mol. The first-order chi connectivity index (χ1) is 11.0. The second-order valence-corrected chi connectivity index (χ2v) is 4.91. The van der Waals surface area contributed by atoms with Gasteiger partial charge in [-0.25, -0.2) is 0 Å². The second kappa shape index (κ2) is 7.31. The highest BCUT2D eigenvalue weighted by molar-refractivity contribution is 6.07.